The standard InChI is InChI=1S/C15H13N3O/c1-9-10-5-4-6-11(15(16)19)14(10)18-13(9)12-7-2-3-8-17-12/h2-8,18H,1H3,(H2,16,19). The minimum atomic E-state index is -0.431. The number of nitrogens with one attached hydrogen (secondary N) is 1. The van der Waals surface area contributed by atoms with Crippen LogP contribution >= 0.6 is 0 Å². The summed E-state index contributed by atoms with van der Waals surface area (Å²) in [7, 11) is 0. The van der Waals surface area contributed by atoms with Crippen molar-refractivity contribution >= 4 is 16.8 Å². The Morgan fingerprint density at radius 3 is 2.74 bits per heavy atom. The number of benzene rings is 1. The van der Waals surface area contributed by atoms with E-state index in [1.807, 2.05) is 37.3 Å². The first-order chi connectivity index (χ1) is 9.18. The minimum Gasteiger partial charge on any atom is -0.366 e. The molecule has 0 aliphatic heterocycles. The Bertz CT molecular complexity index is 760. The molecule has 0 fully saturated rings. The van der Waals surface area contributed by atoms with Gasteiger partial charge < -0.3 is 10.7 Å². The lowest BCUT2D eigenvalue weighted by atomic mass is 10.1. The number of pyridine rings is 1. The summed E-state index contributed by atoms with van der Waals surface area (Å²) in [6.45, 7) is 2.01. The molecule has 1 amide bonds. The number of hydrogen-bond donors (Lipinski definition) is 2. The van der Waals surface area contributed by atoms with Crippen LogP contribution in [0.4, 0.5) is 0 Å². The molecule has 0 spiro atoms. The molecule has 4 heteroatoms. The summed E-state index contributed by atoms with van der Waals surface area (Å²) in [4.78, 5) is 19.1. The van der Waals surface area contributed by atoms with Crippen molar-refractivity contribution in [1.82, 2.24) is 9.97 Å². The van der Waals surface area contributed by atoms with Crippen molar-refractivity contribution in [3.05, 3.63) is 53.7 Å². The van der Waals surface area contributed by atoms with Crippen LogP contribution in [0.5, 0.6) is 0 Å². The number of aromatic nitrogens is 2. The zero-order valence-electron chi connectivity index (χ0n) is 10.5. The Hall–Kier alpha value is -2.62. The quantitative estimate of drug-likeness (QED) is 0.735. The molecule has 0 unspecified atom stereocenters. The summed E-state index contributed by atoms with van der Waals surface area (Å²) in [5.74, 6) is -0.431. The molecule has 0 aliphatic rings. The Kier molecular flexibility index (Phi) is 2.56. The van der Waals surface area contributed by atoms with Gasteiger partial charge in [0, 0.05) is 11.6 Å². The number of aryl methyl sites for hydroxylation is 1. The molecular weight excluding hydrogens is 238 g/mol. The Morgan fingerprint density at radius 2 is 2.05 bits per heavy atom. The van der Waals surface area contributed by atoms with E-state index in [0.29, 0.717) is 5.56 Å². The normalized spacial score (nSPS) is 10.8. The van der Waals surface area contributed by atoms with Crippen molar-refractivity contribution in [3.63, 3.8) is 0 Å². The van der Waals surface area contributed by atoms with Gasteiger partial charge in [0.05, 0.1) is 22.5 Å². The third-order valence-electron chi connectivity index (χ3n) is 3.28. The van der Waals surface area contributed by atoms with E-state index in [2.05, 4.69) is 9.97 Å². The molecule has 2 heterocycles. The molecule has 4 nitrogen and oxygen atoms in total. The van der Waals surface area contributed by atoms with Gasteiger partial charge in [0.25, 0.3) is 5.91 Å². The Labute approximate surface area is 110 Å². The summed E-state index contributed by atoms with van der Waals surface area (Å²) in [6.07, 6.45) is 1.75. The molecular formula is C15H13N3O. The lowest BCUT2D eigenvalue weighted by Gasteiger charge is -1.97. The number of primary amides is 1. The van der Waals surface area contributed by atoms with Crippen LogP contribution in [0.25, 0.3) is 22.3 Å². The van der Waals surface area contributed by atoms with Crippen LogP contribution in [-0.2, 0) is 0 Å². The third kappa shape index (κ3) is 1.78. The number of hydrogen-bond acceptors (Lipinski definition) is 2. The Morgan fingerprint density at radius 1 is 1.21 bits per heavy atom. The molecule has 0 aliphatic carbocycles. The van der Waals surface area contributed by atoms with Crippen molar-refractivity contribution in [3.8, 4) is 11.4 Å². The van der Waals surface area contributed by atoms with E-state index in [4.69, 9.17) is 5.73 Å². The van der Waals surface area contributed by atoms with E-state index < -0.39 is 5.91 Å². The molecule has 3 aromatic rings. The first-order valence-corrected chi connectivity index (χ1v) is 6.01. The highest BCUT2D eigenvalue weighted by Gasteiger charge is 2.14. The molecule has 0 saturated carbocycles. The number of para-hydroxylation sites is 1. The van der Waals surface area contributed by atoms with E-state index >= 15 is 0 Å². The highest BCUT2D eigenvalue weighted by atomic mass is 16.1. The van der Waals surface area contributed by atoms with Gasteiger partial charge in [-0.1, -0.05) is 18.2 Å². The first-order valence-electron chi connectivity index (χ1n) is 6.01. The van der Waals surface area contributed by atoms with Gasteiger partial charge in [-0.3, -0.25) is 9.78 Å². The smallest absolute Gasteiger partial charge is 0.250 e. The van der Waals surface area contributed by atoms with Crippen LogP contribution in [0, 0.1) is 6.92 Å². The van der Waals surface area contributed by atoms with E-state index in [9.17, 15) is 4.79 Å². The molecule has 94 valence electrons. The fourth-order valence-electron chi connectivity index (χ4n) is 2.33. The lowest BCUT2D eigenvalue weighted by Crippen LogP contribution is -2.11. The van der Waals surface area contributed by atoms with Gasteiger partial charge in [0.1, 0.15) is 0 Å². The largest absolute Gasteiger partial charge is 0.366 e. The highest BCUT2D eigenvalue weighted by Crippen LogP contribution is 2.29. The minimum absolute atomic E-state index is 0.431. The number of H-pyrrole nitrogens is 1. The van der Waals surface area contributed by atoms with E-state index in [1.54, 1.807) is 12.3 Å². The summed E-state index contributed by atoms with van der Waals surface area (Å²) in [5, 5.41) is 0.997. The lowest BCUT2D eigenvalue weighted by molar-refractivity contribution is 0.100. The molecule has 0 saturated heterocycles. The summed E-state index contributed by atoms with van der Waals surface area (Å²) in [5.41, 5.74) is 9.52. The molecule has 0 radical (unpaired) electrons. The zero-order chi connectivity index (χ0) is 13.4. The first kappa shape index (κ1) is 11.5. The van der Waals surface area contributed by atoms with Crippen LogP contribution in [0.1, 0.15) is 15.9 Å². The van der Waals surface area contributed by atoms with Gasteiger partial charge in [0.15, 0.2) is 0 Å². The molecule has 0 bridgehead atoms. The maximum absolute atomic E-state index is 11.5. The van der Waals surface area contributed by atoms with Gasteiger partial charge in [-0.25, -0.2) is 0 Å². The van der Waals surface area contributed by atoms with Gasteiger partial charge in [0.2, 0.25) is 0 Å². The van der Waals surface area contributed by atoms with Crippen LogP contribution in [0.15, 0.2) is 42.6 Å². The van der Waals surface area contributed by atoms with E-state index in [-0.39, 0.29) is 0 Å². The highest BCUT2D eigenvalue weighted by molar-refractivity contribution is 6.07. The van der Waals surface area contributed by atoms with Gasteiger partial charge in [-0.2, -0.15) is 0 Å². The SMILES string of the molecule is Cc1c(-c2ccccn2)[nH]c2c(C(N)=O)cccc12. The summed E-state index contributed by atoms with van der Waals surface area (Å²) >= 11 is 0. The van der Waals surface area contributed by atoms with Crippen molar-refractivity contribution in [2.75, 3.05) is 0 Å². The van der Waals surface area contributed by atoms with E-state index in [0.717, 1.165) is 27.9 Å². The fraction of sp³-hybridized carbons (Fsp3) is 0.0667. The van der Waals surface area contributed by atoms with Gasteiger partial charge in [-0.05, 0) is 30.7 Å². The summed E-state index contributed by atoms with van der Waals surface area (Å²) < 4.78 is 0. The number of rotatable bonds is 2. The predicted molar refractivity (Wildman–Crippen MR) is 74.8 cm³/mol. The van der Waals surface area contributed by atoms with E-state index in [1.165, 1.54) is 0 Å². The molecule has 3 rings (SSSR count). The number of amides is 1. The number of nitrogens with two attached hydrogens (primary N) is 1. The number of nitrogens with zero attached hydrogens (tertiary/aromatic N) is 1. The topological polar surface area (TPSA) is 71.8 Å². The Balaban J connectivity index is 2.32. The second-order valence-electron chi connectivity index (χ2n) is 4.43. The average molecular weight is 251 g/mol. The van der Waals surface area contributed by atoms with Crippen molar-refractivity contribution in [2.45, 2.75) is 6.92 Å². The number of carbonyl (C=O) groups is 1. The van der Waals surface area contributed by atoms with Crippen molar-refractivity contribution < 1.29 is 4.79 Å². The third-order valence-corrected chi connectivity index (χ3v) is 3.28. The average Bonchev–Trinajstić information content (AvgIpc) is 2.77. The molecule has 0 atom stereocenters. The second kappa shape index (κ2) is 4.24. The zero-order valence-corrected chi connectivity index (χ0v) is 10.5. The molecule has 3 N–H and O–H groups in total. The second-order valence-corrected chi connectivity index (χ2v) is 4.43. The van der Waals surface area contributed by atoms with Crippen LogP contribution < -0.4 is 5.73 Å². The maximum atomic E-state index is 11.5. The fourth-order valence-corrected chi connectivity index (χ4v) is 2.33. The molecule has 2 aromatic heterocycles. The van der Waals surface area contributed by atoms with Crippen LogP contribution in [0.2, 0.25) is 0 Å². The number of fused-ring (bicyclic) bond motifs is 1. The van der Waals surface area contributed by atoms with Gasteiger partial charge in [-0.15, -0.1) is 0 Å². The summed E-state index contributed by atoms with van der Waals surface area (Å²) in [6, 6.07) is 11.3. The molecule has 1 aromatic carbocycles. The maximum Gasteiger partial charge on any atom is 0.250 e. The van der Waals surface area contributed by atoms with Gasteiger partial charge >= 0.3 is 0 Å². The predicted octanol–water partition coefficient (Wildman–Crippen LogP) is 2.64. The molecule has 19 heavy (non-hydrogen) atoms. The monoisotopic (exact) mass is 251 g/mol. The van der Waals surface area contributed by atoms with Crippen molar-refractivity contribution in [2.24, 2.45) is 5.73 Å². The van der Waals surface area contributed by atoms with Crippen LogP contribution in [-0.4, -0.2) is 15.9 Å². The van der Waals surface area contributed by atoms with Crippen LogP contribution in [0.3, 0.4) is 0 Å². The van der Waals surface area contributed by atoms with Crippen molar-refractivity contribution in [1.29, 1.82) is 0 Å². The number of carbonyl (C=O) groups excluding carboxylic acids is 1. The number of aromatic amines is 1.